The molecule has 1 aromatic rings. The molecule has 0 saturated heterocycles. The Morgan fingerprint density at radius 2 is 1.64 bits per heavy atom. The minimum absolute atomic E-state index is 0.479. The summed E-state index contributed by atoms with van der Waals surface area (Å²) in [7, 11) is 0. The van der Waals surface area contributed by atoms with Crippen LogP contribution in [0, 0.1) is 26.2 Å². The van der Waals surface area contributed by atoms with Crippen molar-refractivity contribution in [3.05, 3.63) is 33.9 Å². The molecule has 1 aliphatic carbocycles. The zero-order chi connectivity index (χ0) is 10.5. The van der Waals surface area contributed by atoms with E-state index in [0.717, 1.165) is 0 Å². The van der Waals surface area contributed by atoms with Crippen LogP contribution in [-0.4, -0.2) is 0 Å². The van der Waals surface area contributed by atoms with Crippen LogP contribution in [-0.2, 0) is 12.8 Å². The normalized spacial score (nSPS) is 18.4. The van der Waals surface area contributed by atoms with Gasteiger partial charge in [0.2, 0.25) is 0 Å². The maximum atomic E-state index is 2.40. The molecule has 0 spiro atoms. The fraction of sp³-hybridized carbons (Fsp3) is 0.571. The third kappa shape index (κ3) is 1.37. The van der Waals surface area contributed by atoms with Crippen LogP contribution in [0.25, 0.3) is 0 Å². The second-order valence-corrected chi connectivity index (χ2v) is 5.60. The van der Waals surface area contributed by atoms with Gasteiger partial charge < -0.3 is 0 Å². The molecule has 0 aliphatic heterocycles. The molecular formula is C14H20. The van der Waals surface area contributed by atoms with Crippen molar-refractivity contribution in [3.63, 3.8) is 0 Å². The molecule has 0 unspecified atom stereocenters. The molecule has 1 aromatic carbocycles. The van der Waals surface area contributed by atoms with Gasteiger partial charge in [-0.15, -0.1) is 0 Å². The van der Waals surface area contributed by atoms with E-state index in [9.17, 15) is 0 Å². The first-order valence-electron chi connectivity index (χ1n) is 5.49. The molecule has 0 saturated carbocycles. The van der Waals surface area contributed by atoms with E-state index in [1.807, 2.05) is 0 Å². The fourth-order valence-corrected chi connectivity index (χ4v) is 2.68. The van der Waals surface area contributed by atoms with Gasteiger partial charge in [-0.25, -0.2) is 0 Å². The largest absolute Gasteiger partial charge is 0.0593 e. The summed E-state index contributed by atoms with van der Waals surface area (Å²) in [5.74, 6) is 0. The number of aryl methyl sites for hydroxylation is 1. The van der Waals surface area contributed by atoms with Gasteiger partial charge in [-0.2, -0.15) is 0 Å². The quantitative estimate of drug-likeness (QED) is 0.582. The average molecular weight is 188 g/mol. The van der Waals surface area contributed by atoms with Gasteiger partial charge in [-0.1, -0.05) is 19.9 Å². The Morgan fingerprint density at radius 3 is 2.29 bits per heavy atom. The summed E-state index contributed by atoms with van der Waals surface area (Å²) in [6.07, 6.45) is 2.51. The Kier molecular flexibility index (Phi) is 1.99. The van der Waals surface area contributed by atoms with Crippen LogP contribution in [0.2, 0.25) is 0 Å². The molecule has 2 rings (SSSR count). The van der Waals surface area contributed by atoms with Crippen LogP contribution in [0.15, 0.2) is 6.07 Å². The highest BCUT2D eigenvalue weighted by Crippen LogP contribution is 2.39. The van der Waals surface area contributed by atoms with E-state index < -0.39 is 0 Å². The monoisotopic (exact) mass is 188 g/mol. The van der Waals surface area contributed by atoms with Crippen molar-refractivity contribution in [1.29, 1.82) is 0 Å². The lowest BCUT2D eigenvalue weighted by atomic mass is 9.90. The fourth-order valence-electron chi connectivity index (χ4n) is 2.68. The van der Waals surface area contributed by atoms with E-state index >= 15 is 0 Å². The van der Waals surface area contributed by atoms with Crippen molar-refractivity contribution in [2.75, 3.05) is 0 Å². The van der Waals surface area contributed by atoms with Crippen LogP contribution in [0.4, 0.5) is 0 Å². The van der Waals surface area contributed by atoms with Gasteiger partial charge in [0.1, 0.15) is 0 Å². The van der Waals surface area contributed by atoms with E-state index in [4.69, 9.17) is 0 Å². The van der Waals surface area contributed by atoms with E-state index in [1.54, 1.807) is 11.1 Å². The maximum absolute atomic E-state index is 2.40. The highest BCUT2D eigenvalue weighted by Gasteiger charge is 2.29. The second-order valence-electron chi connectivity index (χ2n) is 5.60. The minimum Gasteiger partial charge on any atom is -0.0593 e. The molecule has 0 aromatic heterocycles. The SMILES string of the molecule is Cc1cc2c(c(C)c1C)CC(C)(C)C2. The first-order chi connectivity index (χ1) is 6.41. The topological polar surface area (TPSA) is 0 Å². The van der Waals surface area contributed by atoms with Gasteiger partial charge in [0.25, 0.3) is 0 Å². The summed E-state index contributed by atoms with van der Waals surface area (Å²) in [5.41, 5.74) is 8.17. The van der Waals surface area contributed by atoms with Crippen LogP contribution >= 0.6 is 0 Å². The lowest BCUT2D eigenvalue weighted by molar-refractivity contribution is 0.392. The Labute approximate surface area is 87.3 Å². The summed E-state index contributed by atoms with van der Waals surface area (Å²) in [6, 6.07) is 2.40. The van der Waals surface area contributed by atoms with Gasteiger partial charge in [-0.3, -0.25) is 0 Å². The number of hydrogen-bond acceptors (Lipinski definition) is 0. The lowest BCUT2D eigenvalue weighted by Gasteiger charge is -2.15. The Hall–Kier alpha value is -0.780. The number of fused-ring (bicyclic) bond motifs is 1. The highest BCUT2D eigenvalue weighted by atomic mass is 14.3. The Bertz CT molecular complexity index is 384. The molecule has 14 heavy (non-hydrogen) atoms. The van der Waals surface area contributed by atoms with Crippen molar-refractivity contribution < 1.29 is 0 Å². The molecule has 76 valence electrons. The predicted octanol–water partition coefficient (Wildman–Crippen LogP) is 3.74. The summed E-state index contributed by atoms with van der Waals surface area (Å²) in [6.45, 7) is 11.5. The number of benzene rings is 1. The van der Waals surface area contributed by atoms with Crippen molar-refractivity contribution >= 4 is 0 Å². The Balaban J connectivity index is 2.59. The van der Waals surface area contributed by atoms with E-state index in [-0.39, 0.29) is 0 Å². The maximum Gasteiger partial charge on any atom is -0.0219 e. The van der Waals surface area contributed by atoms with Crippen LogP contribution < -0.4 is 0 Å². The zero-order valence-corrected chi connectivity index (χ0v) is 9.99. The molecule has 0 bridgehead atoms. The molecule has 0 nitrogen and oxygen atoms in total. The molecule has 0 radical (unpaired) electrons. The predicted molar refractivity (Wildman–Crippen MR) is 61.8 cm³/mol. The first kappa shape index (κ1) is 9.76. The van der Waals surface area contributed by atoms with Crippen molar-refractivity contribution in [2.24, 2.45) is 5.41 Å². The smallest absolute Gasteiger partial charge is 0.0219 e. The van der Waals surface area contributed by atoms with E-state index in [2.05, 4.69) is 40.7 Å². The molecule has 0 atom stereocenters. The van der Waals surface area contributed by atoms with Crippen LogP contribution in [0.5, 0.6) is 0 Å². The summed E-state index contributed by atoms with van der Waals surface area (Å²) in [5, 5.41) is 0. The zero-order valence-electron chi connectivity index (χ0n) is 9.99. The van der Waals surface area contributed by atoms with Crippen LogP contribution in [0.3, 0.4) is 0 Å². The molecule has 0 heterocycles. The van der Waals surface area contributed by atoms with Crippen molar-refractivity contribution in [1.82, 2.24) is 0 Å². The van der Waals surface area contributed by atoms with E-state index in [0.29, 0.717) is 5.41 Å². The molecule has 0 heteroatoms. The summed E-state index contributed by atoms with van der Waals surface area (Å²) < 4.78 is 0. The molecule has 0 fully saturated rings. The molecule has 0 N–H and O–H groups in total. The van der Waals surface area contributed by atoms with Gasteiger partial charge >= 0.3 is 0 Å². The highest BCUT2D eigenvalue weighted by molar-refractivity contribution is 5.47. The van der Waals surface area contributed by atoms with Crippen molar-refractivity contribution in [3.8, 4) is 0 Å². The Morgan fingerprint density at radius 1 is 1.00 bits per heavy atom. The standard InChI is InChI=1S/C14H20/c1-9-6-12-7-14(4,5)8-13(12)11(3)10(9)2/h6H,7-8H2,1-5H3. The van der Waals surface area contributed by atoms with Gasteiger partial charge in [-0.05, 0) is 66.8 Å². The lowest BCUT2D eigenvalue weighted by Crippen LogP contribution is -2.09. The number of rotatable bonds is 0. The van der Waals surface area contributed by atoms with Crippen LogP contribution in [0.1, 0.15) is 41.7 Å². The second kappa shape index (κ2) is 2.85. The van der Waals surface area contributed by atoms with Gasteiger partial charge in [0.15, 0.2) is 0 Å². The first-order valence-corrected chi connectivity index (χ1v) is 5.49. The third-order valence-corrected chi connectivity index (χ3v) is 3.71. The average Bonchev–Trinajstić information content (AvgIpc) is 2.37. The molecule has 1 aliphatic rings. The minimum atomic E-state index is 0.479. The number of hydrogen-bond donors (Lipinski definition) is 0. The van der Waals surface area contributed by atoms with E-state index in [1.165, 1.54) is 29.5 Å². The van der Waals surface area contributed by atoms with Gasteiger partial charge in [0.05, 0.1) is 0 Å². The van der Waals surface area contributed by atoms with Gasteiger partial charge in [0, 0.05) is 0 Å². The van der Waals surface area contributed by atoms with Crippen molar-refractivity contribution in [2.45, 2.75) is 47.5 Å². The summed E-state index contributed by atoms with van der Waals surface area (Å²) >= 11 is 0. The molecule has 0 amide bonds. The third-order valence-electron chi connectivity index (χ3n) is 3.71. The molecular weight excluding hydrogens is 168 g/mol. The summed E-state index contributed by atoms with van der Waals surface area (Å²) in [4.78, 5) is 0.